The Morgan fingerprint density at radius 1 is 0.148 bits per heavy atom. The van der Waals surface area contributed by atoms with Crippen molar-refractivity contribution < 1.29 is 0 Å². The maximum absolute atomic E-state index is 2.34. The fourth-order valence-electron chi connectivity index (χ4n) is 8.47. The van der Waals surface area contributed by atoms with Gasteiger partial charge in [-0.1, -0.05) is 164 Å². The first-order valence-corrected chi connectivity index (χ1v) is 18.7. The lowest BCUT2D eigenvalue weighted by Gasteiger charge is -2.11. The standard InChI is InChI=1S/C54H34/c1-2-6-35(7-3-1)38-12-13-41-30-42(15-14-40(41)29-38)44-21-25-52-48(32-44)17-19-50-34-46(23-27-54(50)52)45-22-26-53-49(33-45)18-16-47-31-43(20-24-51(47)53)39-11-10-36-8-4-5-9-37(36)28-39/h1-34H. The highest BCUT2D eigenvalue weighted by Crippen LogP contribution is 2.37. The van der Waals surface area contributed by atoms with Gasteiger partial charge in [0.15, 0.2) is 0 Å². The molecular formula is C54H34. The van der Waals surface area contributed by atoms with Crippen molar-refractivity contribution in [2.24, 2.45) is 0 Å². The molecule has 11 aromatic carbocycles. The third-order valence-corrected chi connectivity index (χ3v) is 11.4. The zero-order chi connectivity index (χ0) is 35.6. The molecule has 0 N–H and O–H groups in total. The van der Waals surface area contributed by atoms with Crippen LogP contribution in [0, 0.1) is 0 Å². The minimum atomic E-state index is 1.23. The van der Waals surface area contributed by atoms with Gasteiger partial charge in [0.2, 0.25) is 0 Å². The van der Waals surface area contributed by atoms with Gasteiger partial charge in [-0.05, 0) is 152 Å². The fraction of sp³-hybridized carbons (Fsp3) is 0. The molecule has 0 nitrogen and oxygen atoms in total. The third-order valence-electron chi connectivity index (χ3n) is 11.4. The number of hydrogen-bond donors (Lipinski definition) is 0. The van der Waals surface area contributed by atoms with Crippen molar-refractivity contribution in [3.05, 3.63) is 206 Å². The lowest BCUT2D eigenvalue weighted by atomic mass is 9.93. The van der Waals surface area contributed by atoms with Gasteiger partial charge in [0.1, 0.15) is 0 Å². The van der Waals surface area contributed by atoms with Gasteiger partial charge in [-0.25, -0.2) is 0 Å². The maximum Gasteiger partial charge on any atom is -0.0105 e. The van der Waals surface area contributed by atoms with E-state index in [1.54, 1.807) is 0 Å². The average molecular weight is 683 g/mol. The number of benzene rings is 11. The van der Waals surface area contributed by atoms with Gasteiger partial charge in [-0.15, -0.1) is 0 Å². The molecule has 54 heavy (non-hydrogen) atoms. The van der Waals surface area contributed by atoms with Gasteiger partial charge in [0.05, 0.1) is 0 Å². The third kappa shape index (κ3) is 5.23. The highest BCUT2D eigenvalue weighted by Gasteiger charge is 2.10. The van der Waals surface area contributed by atoms with Crippen molar-refractivity contribution in [2.45, 2.75) is 0 Å². The van der Waals surface area contributed by atoms with Crippen LogP contribution in [0.4, 0.5) is 0 Å². The SMILES string of the molecule is c1ccc(-c2ccc3cc(-c4ccc5c(ccc6cc(-c7ccc8c(ccc9cc(-c%10ccc%11ccccc%11c%10)ccc98)c7)ccc65)c4)ccc3c2)cc1. The van der Waals surface area contributed by atoms with Crippen LogP contribution in [-0.2, 0) is 0 Å². The first-order chi connectivity index (χ1) is 26.7. The molecule has 11 rings (SSSR count). The highest BCUT2D eigenvalue weighted by molar-refractivity contribution is 6.11. The lowest BCUT2D eigenvalue weighted by Crippen LogP contribution is -1.85. The molecule has 0 aliphatic carbocycles. The minimum absolute atomic E-state index is 1.23. The summed E-state index contributed by atoms with van der Waals surface area (Å²) in [6.45, 7) is 0. The summed E-state index contributed by atoms with van der Waals surface area (Å²) in [5.41, 5.74) is 9.93. The van der Waals surface area contributed by atoms with Gasteiger partial charge in [-0.3, -0.25) is 0 Å². The monoisotopic (exact) mass is 682 g/mol. The van der Waals surface area contributed by atoms with Crippen LogP contribution in [0.25, 0.3) is 109 Å². The van der Waals surface area contributed by atoms with Crippen molar-refractivity contribution in [1.82, 2.24) is 0 Å². The highest BCUT2D eigenvalue weighted by atomic mass is 14.1. The Balaban J connectivity index is 0.894. The second kappa shape index (κ2) is 12.3. The van der Waals surface area contributed by atoms with Gasteiger partial charge in [0, 0.05) is 0 Å². The van der Waals surface area contributed by atoms with E-state index < -0.39 is 0 Å². The normalized spacial score (nSPS) is 11.7. The van der Waals surface area contributed by atoms with Crippen LogP contribution in [0.1, 0.15) is 0 Å². The molecule has 0 radical (unpaired) electrons. The molecule has 0 fully saturated rings. The van der Waals surface area contributed by atoms with Crippen molar-refractivity contribution in [1.29, 1.82) is 0 Å². The summed E-state index contributed by atoms with van der Waals surface area (Å²) in [5.74, 6) is 0. The van der Waals surface area contributed by atoms with Crippen molar-refractivity contribution in [3.8, 4) is 44.5 Å². The van der Waals surface area contributed by atoms with E-state index in [1.807, 2.05) is 0 Å². The van der Waals surface area contributed by atoms with E-state index >= 15 is 0 Å². The van der Waals surface area contributed by atoms with Gasteiger partial charge < -0.3 is 0 Å². The van der Waals surface area contributed by atoms with Crippen LogP contribution in [0.3, 0.4) is 0 Å². The summed E-state index contributed by atoms with van der Waals surface area (Å²) < 4.78 is 0. The van der Waals surface area contributed by atoms with Crippen LogP contribution in [0.2, 0.25) is 0 Å². The number of fused-ring (bicyclic) bond motifs is 8. The molecule has 0 saturated carbocycles. The summed E-state index contributed by atoms with van der Waals surface area (Å²) in [7, 11) is 0. The minimum Gasteiger partial charge on any atom is -0.0622 e. The van der Waals surface area contributed by atoms with E-state index in [4.69, 9.17) is 0 Å². The molecule has 0 aliphatic heterocycles. The zero-order valence-corrected chi connectivity index (χ0v) is 29.6. The van der Waals surface area contributed by atoms with Crippen LogP contribution >= 0.6 is 0 Å². The van der Waals surface area contributed by atoms with Crippen LogP contribution < -0.4 is 0 Å². The lowest BCUT2D eigenvalue weighted by molar-refractivity contribution is 1.64. The fourth-order valence-corrected chi connectivity index (χ4v) is 8.47. The van der Waals surface area contributed by atoms with E-state index in [9.17, 15) is 0 Å². The molecule has 0 bridgehead atoms. The number of hydrogen-bond acceptors (Lipinski definition) is 0. The molecule has 0 unspecified atom stereocenters. The Hall–Kier alpha value is -7.02. The molecular weight excluding hydrogens is 649 g/mol. The predicted octanol–water partition coefficient (Wildman–Crippen LogP) is 15.3. The zero-order valence-electron chi connectivity index (χ0n) is 29.6. The Morgan fingerprint density at radius 3 is 0.815 bits per heavy atom. The second-order valence-corrected chi connectivity index (χ2v) is 14.6. The van der Waals surface area contributed by atoms with Crippen molar-refractivity contribution in [3.63, 3.8) is 0 Å². The summed E-state index contributed by atoms with van der Waals surface area (Å²) in [6.07, 6.45) is 0. The topological polar surface area (TPSA) is 0 Å². The molecule has 11 aromatic rings. The molecule has 0 aliphatic rings. The van der Waals surface area contributed by atoms with E-state index in [0.29, 0.717) is 0 Å². The summed E-state index contributed by atoms with van der Waals surface area (Å²) in [5, 5.41) is 15.2. The Bertz CT molecular complexity index is 3260. The summed E-state index contributed by atoms with van der Waals surface area (Å²) >= 11 is 0. The largest absolute Gasteiger partial charge is 0.0622 e. The Morgan fingerprint density at radius 2 is 0.407 bits per heavy atom. The Kier molecular flexibility index (Phi) is 6.97. The molecule has 0 heteroatoms. The van der Waals surface area contributed by atoms with Crippen LogP contribution in [-0.4, -0.2) is 0 Å². The molecule has 0 atom stereocenters. The predicted molar refractivity (Wildman–Crippen MR) is 233 cm³/mol. The first-order valence-electron chi connectivity index (χ1n) is 18.7. The van der Waals surface area contributed by atoms with Crippen molar-refractivity contribution >= 4 is 64.6 Å². The number of rotatable bonds is 4. The van der Waals surface area contributed by atoms with Crippen LogP contribution in [0.15, 0.2) is 206 Å². The van der Waals surface area contributed by atoms with Crippen LogP contribution in [0.5, 0.6) is 0 Å². The van der Waals surface area contributed by atoms with Gasteiger partial charge in [0.25, 0.3) is 0 Å². The first kappa shape index (κ1) is 30.6. The molecule has 250 valence electrons. The van der Waals surface area contributed by atoms with Crippen molar-refractivity contribution in [2.75, 3.05) is 0 Å². The maximum atomic E-state index is 2.34. The smallest absolute Gasteiger partial charge is 0.0105 e. The summed E-state index contributed by atoms with van der Waals surface area (Å²) in [4.78, 5) is 0. The summed E-state index contributed by atoms with van der Waals surface area (Å²) in [6, 6.07) is 76.2. The molecule has 0 spiro atoms. The van der Waals surface area contributed by atoms with E-state index in [1.165, 1.54) is 109 Å². The molecule has 0 saturated heterocycles. The second-order valence-electron chi connectivity index (χ2n) is 14.6. The Labute approximate surface area is 314 Å². The van der Waals surface area contributed by atoms with Gasteiger partial charge in [-0.2, -0.15) is 0 Å². The van der Waals surface area contributed by atoms with E-state index in [0.717, 1.165) is 0 Å². The average Bonchev–Trinajstić information content (AvgIpc) is 3.25. The van der Waals surface area contributed by atoms with Gasteiger partial charge >= 0.3 is 0 Å². The van der Waals surface area contributed by atoms with E-state index in [2.05, 4.69) is 206 Å². The van der Waals surface area contributed by atoms with E-state index in [-0.39, 0.29) is 0 Å². The molecule has 0 amide bonds. The molecule has 0 aromatic heterocycles. The quantitative estimate of drug-likeness (QED) is 0.162. The molecule has 0 heterocycles.